The highest BCUT2D eigenvalue weighted by Gasteiger charge is 2.31. The van der Waals surface area contributed by atoms with E-state index in [4.69, 9.17) is 0 Å². The Labute approximate surface area is 147 Å². The molecule has 1 saturated heterocycles. The predicted octanol–water partition coefficient (Wildman–Crippen LogP) is 1.55. The fourth-order valence-electron chi connectivity index (χ4n) is 3.74. The zero-order valence-corrected chi connectivity index (χ0v) is 14.6. The minimum absolute atomic E-state index is 0.0234. The molecular formula is C17H25N7O. The van der Waals surface area contributed by atoms with Crippen LogP contribution in [0.2, 0.25) is 0 Å². The van der Waals surface area contributed by atoms with Gasteiger partial charge in [-0.3, -0.25) is 14.4 Å². The van der Waals surface area contributed by atoms with Gasteiger partial charge in [0.1, 0.15) is 18.5 Å². The fourth-order valence-corrected chi connectivity index (χ4v) is 3.74. The first-order valence-corrected chi connectivity index (χ1v) is 9.10. The third-order valence-electron chi connectivity index (χ3n) is 5.34. The van der Waals surface area contributed by atoms with Crippen molar-refractivity contribution in [3.8, 4) is 0 Å². The Bertz CT molecular complexity index is 706. The van der Waals surface area contributed by atoms with E-state index >= 15 is 0 Å². The van der Waals surface area contributed by atoms with Gasteiger partial charge in [-0.25, -0.2) is 9.67 Å². The topological polar surface area (TPSA) is 80.9 Å². The highest BCUT2D eigenvalue weighted by molar-refractivity contribution is 5.91. The van der Waals surface area contributed by atoms with E-state index in [1.807, 2.05) is 15.4 Å². The molecule has 25 heavy (non-hydrogen) atoms. The monoisotopic (exact) mass is 343 g/mol. The Morgan fingerprint density at radius 2 is 2.24 bits per heavy atom. The number of rotatable bonds is 7. The van der Waals surface area contributed by atoms with Crippen LogP contribution in [-0.4, -0.2) is 54.5 Å². The predicted molar refractivity (Wildman–Crippen MR) is 92.9 cm³/mol. The van der Waals surface area contributed by atoms with Crippen LogP contribution in [0.15, 0.2) is 24.9 Å². The molecule has 2 aliphatic rings. The van der Waals surface area contributed by atoms with E-state index in [2.05, 4.69) is 32.3 Å². The quantitative estimate of drug-likeness (QED) is 0.825. The third-order valence-corrected chi connectivity index (χ3v) is 5.34. The highest BCUT2D eigenvalue weighted by atomic mass is 16.2. The number of nitrogens with one attached hydrogen (secondary N) is 1. The van der Waals surface area contributed by atoms with Crippen LogP contribution in [0.3, 0.4) is 0 Å². The molecule has 0 unspecified atom stereocenters. The minimum atomic E-state index is 0.0234. The molecule has 2 fully saturated rings. The van der Waals surface area contributed by atoms with Crippen LogP contribution >= 0.6 is 0 Å². The van der Waals surface area contributed by atoms with E-state index in [0.717, 1.165) is 31.7 Å². The van der Waals surface area contributed by atoms with Gasteiger partial charge < -0.3 is 5.32 Å². The normalized spacial score (nSPS) is 22.2. The molecule has 3 heterocycles. The first kappa shape index (κ1) is 16.3. The van der Waals surface area contributed by atoms with Gasteiger partial charge in [-0.15, -0.1) is 0 Å². The molecular weight excluding hydrogens is 318 g/mol. The lowest BCUT2D eigenvalue weighted by Gasteiger charge is -2.24. The summed E-state index contributed by atoms with van der Waals surface area (Å²) in [6.07, 6.45) is 9.76. The number of aromatic nitrogens is 5. The van der Waals surface area contributed by atoms with Crippen LogP contribution in [-0.2, 0) is 11.3 Å². The molecule has 0 bridgehead atoms. The van der Waals surface area contributed by atoms with Crippen molar-refractivity contribution in [3.63, 3.8) is 0 Å². The van der Waals surface area contributed by atoms with Crippen LogP contribution in [0, 0.1) is 5.92 Å². The lowest BCUT2D eigenvalue weighted by molar-refractivity contribution is -0.117. The molecule has 134 valence electrons. The van der Waals surface area contributed by atoms with Gasteiger partial charge in [0.25, 0.3) is 0 Å². The molecule has 1 aliphatic carbocycles. The second kappa shape index (κ2) is 6.95. The Kier molecular flexibility index (Phi) is 4.52. The van der Waals surface area contributed by atoms with Crippen LogP contribution in [0.4, 0.5) is 5.82 Å². The summed E-state index contributed by atoms with van der Waals surface area (Å²) in [5.74, 6) is 1.52. The van der Waals surface area contributed by atoms with E-state index in [9.17, 15) is 4.79 Å². The highest BCUT2D eigenvalue weighted by Crippen LogP contribution is 2.40. The van der Waals surface area contributed by atoms with E-state index < -0.39 is 0 Å². The molecule has 1 aliphatic heterocycles. The summed E-state index contributed by atoms with van der Waals surface area (Å²) in [4.78, 5) is 18.8. The Balaban J connectivity index is 1.35. The summed E-state index contributed by atoms with van der Waals surface area (Å²) in [7, 11) is 0. The molecule has 0 spiro atoms. The second-order valence-corrected chi connectivity index (χ2v) is 7.17. The van der Waals surface area contributed by atoms with Crippen LogP contribution in [0.1, 0.15) is 38.6 Å². The first-order valence-electron chi connectivity index (χ1n) is 9.10. The van der Waals surface area contributed by atoms with E-state index in [1.165, 1.54) is 12.8 Å². The maximum atomic E-state index is 12.5. The average Bonchev–Trinajstić information content (AvgIpc) is 2.97. The molecule has 0 radical (unpaired) electrons. The van der Waals surface area contributed by atoms with E-state index in [-0.39, 0.29) is 5.91 Å². The number of carbonyl (C=O) groups excluding carboxylic acids is 1. The summed E-state index contributed by atoms with van der Waals surface area (Å²) >= 11 is 0. The van der Waals surface area contributed by atoms with Gasteiger partial charge in [-0.1, -0.05) is 0 Å². The van der Waals surface area contributed by atoms with Crippen molar-refractivity contribution in [2.24, 2.45) is 5.92 Å². The van der Waals surface area contributed by atoms with Gasteiger partial charge >= 0.3 is 0 Å². The Morgan fingerprint density at radius 1 is 1.36 bits per heavy atom. The Morgan fingerprint density at radius 3 is 3.00 bits per heavy atom. The maximum absolute atomic E-state index is 12.5. The van der Waals surface area contributed by atoms with Gasteiger partial charge in [0, 0.05) is 12.1 Å². The average molecular weight is 343 g/mol. The van der Waals surface area contributed by atoms with Gasteiger partial charge in [-0.05, 0) is 45.1 Å². The largest absolute Gasteiger partial charge is 0.310 e. The number of hydrogen-bond donors (Lipinski definition) is 1. The van der Waals surface area contributed by atoms with E-state index in [0.29, 0.717) is 24.5 Å². The number of likely N-dealkylation sites (tertiary alicyclic amines) is 1. The van der Waals surface area contributed by atoms with Gasteiger partial charge in [0.15, 0.2) is 0 Å². The molecule has 2 atom stereocenters. The third kappa shape index (κ3) is 3.73. The molecule has 1 N–H and O–H groups in total. The van der Waals surface area contributed by atoms with Gasteiger partial charge in [0.05, 0.1) is 25.3 Å². The first-order chi connectivity index (χ1) is 12.2. The summed E-state index contributed by atoms with van der Waals surface area (Å²) in [5, 5.41) is 11.6. The molecule has 4 rings (SSSR count). The lowest BCUT2D eigenvalue weighted by atomic mass is 10.2. The molecule has 1 saturated carbocycles. The number of anilines is 1. The van der Waals surface area contributed by atoms with Gasteiger partial charge in [0.2, 0.25) is 5.91 Å². The fraction of sp³-hybridized carbons (Fsp3) is 0.647. The van der Waals surface area contributed by atoms with Gasteiger partial charge in [-0.2, -0.15) is 10.2 Å². The standard InChI is InChI=1S/C17H25N7O/c1-13(14-4-5-14)24-16(6-7-19-24)21-17(25)10-22-8-2-3-15(22)9-23-12-18-11-20-23/h6-7,11-15H,2-5,8-10H2,1H3,(H,21,25)/t13-,15-/m0/s1. The van der Waals surface area contributed by atoms with E-state index in [1.54, 1.807) is 18.9 Å². The van der Waals surface area contributed by atoms with Crippen molar-refractivity contribution in [3.05, 3.63) is 24.9 Å². The van der Waals surface area contributed by atoms with Crippen LogP contribution in [0.25, 0.3) is 0 Å². The summed E-state index contributed by atoms with van der Waals surface area (Å²) in [6.45, 7) is 4.31. The Hall–Kier alpha value is -2.22. The minimum Gasteiger partial charge on any atom is -0.310 e. The zero-order chi connectivity index (χ0) is 17.2. The van der Waals surface area contributed by atoms with Crippen molar-refractivity contribution < 1.29 is 4.79 Å². The number of carbonyl (C=O) groups is 1. The molecule has 2 aromatic rings. The SMILES string of the molecule is C[C@@H](C1CC1)n1nccc1NC(=O)CN1CCC[C@H]1Cn1cncn1. The lowest BCUT2D eigenvalue weighted by Crippen LogP contribution is -2.39. The summed E-state index contributed by atoms with van der Waals surface area (Å²) in [5.41, 5.74) is 0. The van der Waals surface area contributed by atoms with Crippen LogP contribution in [0.5, 0.6) is 0 Å². The second-order valence-electron chi connectivity index (χ2n) is 7.17. The molecule has 0 aromatic carbocycles. The zero-order valence-electron chi connectivity index (χ0n) is 14.6. The summed E-state index contributed by atoms with van der Waals surface area (Å²) < 4.78 is 3.79. The van der Waals surface area contributed by atoms with Crippen molar-refractivity contribution in [1.29, 1.82) is 0 Å². The van der Waals surface area contributed by atoms with Crippen molar-refractivity contribution in [1.82, 2.24) is 29.4 Å². The van der Waals surface area contributed by atoms with Crippen LogP contribution < -0.4 is 5.32 Å². The summed E-state index contributed by atoms with van der Waals surface area (Å²) in [6, 6.07) is 2.56. The number of amides is 1. The smallest absolute Gasteiger partial charge is 0.239 e. The number of nitrogens with zero attached hydrogens (tertiary/aromatic N) is 6. The van der Waals surface area contributed by atoms with Crippen molar-refractivity contribution >= 4 is 11.7 Å². The van der Waals surface area contributed by atoms with Crippen molar-refractivity contribution in [2.45, 2.75) is 51.2 Å². The molecule has 8 heteroatoms. The molecule has 1 amide bonds. The molecule has 8 nitrogen and oxygen atoms in total. The van der Waals surface area contributed by atoms with Crippen molar-refractivity contribution in [2.75, 3.05) is 18.4 Å². The number of hydrogen-bond acceptors (Lipinski definition) is 5. The maximum Gasteiger partial charge on any atom is 0.239 e. The molecule has 2 aromatic heterocycles.